The SMILES string of the molecule is Cc1nc([C@@H]2O[C@@H]3COC(c4ccccc4)O[C@@H]3[C@H](n3cc(-c4cc(F)c(F)c(F)c4)nn3)[C@H]2O)n(-c2cccc(Cl)c2Cl)n1. The second-order valence-electron chi connectivity index (χ2n) is 10.6. The van der Waals surface area contributed by atoms with Gasteiger partial charge in [-0.1, -0.05) is 64.8 Å². The van der Waals surface area contributed by atoms with E-state index in [1.54, 1.807) is 25.1 Å². The van der Waals surface area contributed by atoms with E-state index in [1.807, 2.05) is 30.3 Å². The van der Waals surface area contributed by atoms with Crippen LogP contribution in [0.15, 0.2) is 66.9 Å². The highest BCUT2D eigenvalue weighted by Crippen LogP contribution is 2.44. The average Bonchev–Trinajstić information content (AvgIpc) is 3.68. The first-order valence-electron chi connectivity index (χ1n) is 13.8. The van der Waals surface area contributed by atoms with Crippen molar-refractivity contribution in [2.24, 2.45) is 0 Å². The van der Waals surface area contributed by atoms with Gasteiger partial charge in [-0.2, -0.15) is 5.10 Å². The third-order valence-electron chi connectivity index (χ3n) is 7.70. The van der Waals surface area contributed by atoms with Crippen molar-refractivity contribution >= 4 is 23.2 Å². The third kappa shape index (κ3) is 5.39. The highest BCUT2D eigenvalue weighted by Gasteiger charge is 2.52. The van der Waals surface area contributed by atoms with Gasteiger partial charge in [-0.05, 0) is 31.2 Å². The van der Waals surface area contributed by atoms with Crippen LogP contribution in [0.1, 0.15) is 35.6 Å². The molecule has 4 heterocycles. The van der Waals surface area contributed by atoms with Crippen LogP contribution in [0.3, 0.4) is 0 Å². The number of aryl methyl sites for hydroxylation is 1. The van der Waals surface area contributed by atoms with Crippen molar-refractivity contribution in [3.8, 4) is 16.9 Å². The Morgan fingerprint density at radius 2 is 1.73 bits per heavy atom. The Morgan fingerprint density at radius 3 is 2.49 bits per heavy atom. The van der Waals surface area contributed by atoms with E-state index in [0.717, 1.165) is 17.7 Å². The van der Waals surface area contributed by atoms with Crippen molar-refractivity contribution in [2.75, 3.05) is 6.61 Å². The van der Waals surface area contributed by atoms with E-state index >= 15 is 0 Å². The first-order chi connectivity index (χ1) is 21.7. The number of halogens is 5. The number of aromatic nitrogens is 6. The van der Waals surface area contributed by atoms with Crippen molar-refractivity contribution in [1.29, 1.82) is 0 Å². The maximum atomic E-state index is 14.1. The molecule has 6 atom stereocenters. The second kappa shape index (κ2) is 11.8. The first-order valence-corrected chi connectivity index (χ1v) is 14.6. The lowest BCUT2D eigenvalue weighted by Gasteiger charge is -2.47. The summed E-state index contributed by atoms with van der Waals surface area (Å²) in [5.41, 5.74) is 1.15. The molecule has 0 amide bonds. The standard InChI is InChI=1S/C30H23Cl2F3N6O4/c1-14-36-29(41(38-14)21-9-5-8-17(31)23(21)32)28-26(42)25(27-22(44-28)13-43-30(45-27)15-6-3-2-4-7-15)40-12-20(37-39-40)16-10-18(33)24(35)19(34)11-16/h2-12,22,25-28,30,42H,13H2,1H3/t22-,25-,26-,27+,28-,30?/m1/s1. The van der Waals surface area contributed by atoms with Crippen molar-refractivity contribution in [3.05, 3.63) is 112 Å². The lowest BCUT2D eigenvalue weighted by atomic mass is 9.91. The summed E-state index contributed by atoms with van der Waals surface area (Å²) in [6, 6.07) is 14.9. The molecule has 0 radical (unpaired) electrons. The number of benzene rings is 3. The summed E-state index contributed by atoms with van der Waals surface area (Å²) < 4.78 is 63.3. The molecule has 0 aliphatic carbocycles. The van der Waals surface area contributed by atoms with Crippen molar-refractivity contribution < 1.29 is 32.5 Å². The minimum Gasteiger partial charge on any atom is -0.388 e. The highest BCUT2D eigenvalue weighted by molar-refractivity contribution is 6.43. The average molecular weight is 659 g/mol. The lowest BCUT2D eigenvalue weighted by molar-refractivity contribution is -0.319. The van der Waals surface area contributed by atoms with Gasteiger partial charge in [-0.25, -0.2) is 27.5 Å². The fraction of sp³-hybridized carbons (Fsp3) is 0.267. The van der Waals surface area contributed by atoms with E-state index in [-0.39, 0.29) is 28.7 Å². The number of hydrogen-bond acceptors (Lipinski definition) is 8. The fourth-order valence-electron chi connectivity index (χ4n) is 5.62. The van der Waals surface area contributed by atoms with Crippen molar-refractivity contribution in [2.45, 2.75) is 43.7 Å². The summed E-state index contributed by atoms with van der Waals surface area (Å²) in [4.78, 5) is 4.56. The molecule has 2 aliphatic heterocycles. The Hall–Kier alpha value is -3.85. The fourth-order valence-corrected chi connectivity index (χ4v) is 5.99. The molecular formula is C30H23Cl2F3N6O4. The molecule has 2 fully saturated rings. The highest BCUT2D eigenvalue weighted by atomic mass is 35.5. The van der Waals surface area contributed by atoms with Gasteiger partial charge in [0.15, 0.2) is 29.6 Å². The first kappa shape index (κ1) is 29.8. The summed E-state index contributed by atoms with van der Waals surface area (Å²) in [5.74, 6) is -3.75. The van der Waals surface area contributed by atoms with E-state index in [9.17, 15) is 18.3 Å². The predicted molar refractivity (Wildman–Crippen MR) is 154 cm³/mol. The van der Waals surface area contributed by atoms with Gasteiger partial charge in [0.2, 0.25) is 0 Å². The van der Waals surface area contributed by atoms with Crippen LogP contribution in [-0.4, -0.2) is 59.8 Å². The number of hydrogen-bond donors (Lipinski definition) is 1. The molecule has 2 aromatic heterocycles. The van der Waals surface area contributed by atoms with Crippen molar-refractivity contribution in [3.63, 3.8) is 0 Å². The number of ether oxygens (including phenoxy) is 3. The van der Waals surface area contributed by atoms with E-state index in [4.69, 9.17) is 37.4 Å². The van der Waals surface area contributed by atoms with E-state index in [1.165, 1.54) is 15.6 Å². The van der Waals surface area contributed by atoms with Gasteiger partial charge >= 0.3 is 0 Å². The Bertz CT molecular complexity index is 1850. The molecule has 1 N–H and O–H groups in total. The lowest BCUT2D eigenvalue weighted by Crippen LogP contribution is -2.57. The predicted octanol–water partition coefficient (Wildman–Crippen LogP) is 5.71. The summed E-state index contributed by atoms with van der Waals surface area (Å²) in [5, 5.41) is 25.2. The van der Waals surface area contributed by atoms with E-state index in [0.29, 0.717) is 16.5 Å². The summed E-state index contributed by atoms with van der Waals surface area (Å²) in [6.07, 6.45) is -3.46. The number of nitrogens with zero attached hydrogens (tertiary/aromatic N) is 6. The van der Waals surface area contributed by atoms with Gasteiger partial charge in [-0.15, -0.1) is 5.10 Å². The maximum absolute atomic E-state index is 14.1. The second-order valence-corrected chi connectivity index (χ2v) is 11.4. The molecule has 0 bridgehead atoms. The van der Waals surface area contributed by atoms with Crippen LogP contribution in [0.5, 0.6) is 0 Å². The van der Waals surface area contributed by atoms with Gasteiger partial charge < -0.3 is 19.3 Å². The van der Waals surface area contributed by atoms with Crippen LogP contribution in [0.25, 0.3) is 16.9 Å². The monoisotopic (exact) mass is 658 g/mol. The van der Waals surface area contributed by atoms with Crippen LogP contribution in [0.4, 0.5) is 13.2 Å². The van der Waals surface area contributed by atoms with Crippen LogP contribution < -0.4 is 0 Å². The van der Waals surface area contributed by atoms with E-state index < -0.39 is 54.2 Å². The number of aliphatic hydroxyl groups is 1. The Balaban J connectivity index is 1.30. The minimum atomic E-state index is -1.60. The van der Waals surface area contributed by atoms with E-state index in [2.05, 4.69) is 20.4 Å². The molecule has 7 rings (SSSR count). The Morgan fingerprint density at radius 1 is 0.978 bits per heavy atom. The van der Waals surface area contributed by atoms with Crippen LogP contribution in [0.2, 0.25) is 10.0 Å². The molecular weight excluding hydrogens is 636 g/mol. The normalized spacial score (nSPS) is 24.9. The molecule has 2 saturated heterocycles. The molecule has 232 valence electrons. The quantitative estimate of drug-likeness (QED) is 0.239. The summed E-state index contributed by atoms with van der Waals surface area (Å²) >= 11 is 12.8. The largest absolute Gasteiger partial charge is 0.388 e. The topological polar surface area (TPSA) is 109 Å². The van der Waals surface area contributed by atoms with Gasteiger partial charge in [0.1, 0.15) is 42.0 Å². The Labute approximate surface area is 263 Å². The molecule has 15 heteroatoms. The van der Waals surface area contributed by atoms with Gasteiger partial charge in [0.05, 0.1) is 28.5 Å². The smallest absolute Gasteiger partial charge is 0.194 e. The molecule has 2 aliphatic rings. The number of fused-ring (bicyclic) bond motifs is 1. The zero-order valence-corrected chi connectivity index (χ0v) is 24.8. The third-order valence-corrected chi connectivity index (χ3v) is 8.51. The summed E-state index contributed by atoms with van der Waals surface area (Å²) in [7, 11) is 0. The molecule has 5 aromatic rings. The van der Waals surface area contributed by atoms with Crippen LogP contribution in [0, 0.1) is 24.4 Å². The molecule has 3 aromatic carbocycles. The number of rotatable bonds is 5. The van der Waals surface area contributed by atoms with Crippen molar-refractivity contribution in [1.82, 2.24) is 29.8 Å². The molecule has 0 saturated carbocycles. The van der Waals surface area contributed by atoms with Gasteiger partial charge in [0.25, 0.3) is 0 Å². The van der Waals surface area contributed by atoms with Crippen LogP contribution in [-0.2, 0) is 14.2 Å². The van der Waals surface area contributed by atoms with Gasteiger partial charge in [0, 0.05) is 11.1 Å². The molecule has 0 spiro atoms. The summed E-state index contributed by atoms with van der Waals surface area (Å²) in [6.45, 7) is 1.75. The molecule has 1 unspecified atom stereocenters. The zero-order chi connectivity index (χ0) is 31.4. The van der Waals surface area contributed by atoms with Crippen LogP contribution >= 0.6 is 23.2 Å². The minimum absolute atomic E-state index is 0.0379. The molecule has 45 heavy (non-hydrogen) atoms. The number of aliphatic hydroxyl groups excluding tert-OH is 1. The molecule has 10 nitrogen and oxygen atoms in total. The van der Waals surface area contributed by atoms with Gasteiger partial charge in [-0.3, -0.25) is 0 Å². The maximum Gasteiger partial charge on any atom is 0.194 e. The Kier molecular flexibility index (Phi) is 7.84. The zero-order valence-electron chi connectivity index (χ0n) is 23.3.